The van der Waals surface area contributed by atoms with E-state index >= 15 is 0 Å². The number of benzene rings is 3. The Morgan fingerprint density at radius 3 is 1.73 bits per heavy atom. The van der Waals surface area contributed by atoms with Crippen LogP contribution < -0.4 is 20.9 Å². The van der Waals surface area contributed by atoms with Crippen LogP contribution in [0.2, 0.25) is 0 Å². The van der Waals surface area contributed by atoms with Crippen LogP contribution in [-0.4, -0.2) is 110 Å². The molecule has 5 amide bonds. The van der Waals surface area contributed by atoms with Gasteiger partial charge in [-0.3, -0.25) is 9.59 Å². The van der Waals surface area contributed by atoms with Crippen molar-refractivity contribution in [1.82, 2.24) is 45.7 Å². The lowest BCUT2D eigenvalue weighted by Crippen LogP contribution is -2.51. The highest BCUT2D eigenvalue weighted by Crippen LogP contribution is 2.48. The van der Waals surface area contributed by atoms with E-state index in [4.69, 9.17) is 19.4 Å². The predicted octanol–water partition coefficient (Wildman–Crippen LogP) is 7.17. The Kier molecular flexibility index (Phi) is 12.7. The number of methoxy groups -OCH3 is 1. The summed E-state index contributed by atoms with van der Waals surface area (Å²) in [6, 6.07) is 19.0. The number of carbonyl (C=O) groups is 5. The van der Waals surface area contributed by atoms with Crippen molar-refractivity contribution in [2.75, 3.05) is 31.7 Å². The average molecular weight is 917 g/mol. The number of nitrogens with one attached hydrogen (secondary N) is 5. The Morgan fingerprint density at radius 1 is 0.746 bits per heavy atom. The lowest BCUT2D eigenvalue weighted by Gasteiger charge is -2.33. The summed E-state index contributed by atoms with van der Waals surface area (Å²) in [5.74, 6) is 0.639. The molecule has 9 rings (SSSR count). The summed E-state index contributed by atoms with van der Waals surface area (Å²) in [5, 5.41) is 17.5. The molecule has 4 aliphatic heterocycles. The Hall–Kier alpha value is -6.85. The molecule has 0 spiro atoms. The molecular formula is C49H60N10O8. The maximum absolute atomic E-state index is 13.9. The quantitative estimate of drug-likeness (QED) is 0.0694. The van der Waals surface area contributed by atoms with Crippen LogP contribution in [0, 0.1) is 11.8 Å². The number of nitrogens with zero attached hydrogens (tertiary/aromatic N) is 5. The van der Waals surface area contributed by atoms with Gasteiger partial charge in [-0.05, 0) is 110 Å². The molecule has 6 N–H and O–H groups in total. The number of H-pyrrole nitrogens is 2. The highest BCUT2D eigenvalue weighted by molar-refractivity contribution is 5.87. The molecule has 5 aromatic rings. The molecule has 4 aliphatic rings. The molecule has 0 bridgehead atoms. The number of ether oxygens (including phenoxy) is 2. The minimum Gasteiger partial charge on any atom is -0.465 e. The second kappa shape index (κ2) is 18.8. The maximum atomic E-state index is 13.9. The number of amides is 5. The van der Waals surface area contributed by atoms with Crippen LogP contribution in [0.15, 0.2) is 60.7 Å². The van der Waals surface area contributed by atoms with E-state index < -0.39 is 30.4 Å². The van der Waals surface area contributed by atoms with E-state index in [1.807, 2.05) is 44.7 Å². The molecule has 18 nitrogen and oxygen atoms in total. The number of rotatable bonds is 13. The minimum absolute atomic E-state index is 0.00493. The fraction of sp³-hybridized carbons (Fsp3) is 0.490. The van der Waals surface area contributed by atoms with Crippen LogP contribution in [0.3, 0.4) is 0 Å². The molecular weight excluding hydrogens is 857 g/mol. The van der Waals surface area contributed by atoms with Gasteiger partial charge in [-0.25, -0.2) is 24.4 Å². The highest BCUT2D eigenvalue weighted by Gasteiger charge is 2.40. The summed E-state index contributed by atoms with van der Waals surface area (Å²) in [6.07, 6.45) is 3.20. The van der Waals surface area contributed by atoms with Crippen LogP contribution in [-0.2, 0) is 25.5 Å². The minimum atomic E-state index is -1.22. The van der Waals surface area contributed by atoms with E-state index in [1.165, 1.54) is 7.11 Å². The number of aromatic amines is 2. The standard InChI is InChI=1S/C49H60N10O8/c1-26(2)41(55-47(62)63)45(60)57-20-6-8-39(57)43-51-33-16-12-29(23-35(33)53-43)37-18-19-38(59(37)32-14-10-28(11-15-32)22-31-25-67-49(65)50-31)30-13-17-34-36(24-30)54-44(52-34)40-9-7-21-58(40)46(61)42(27(3)4)56-48(64)66-5/h10-17,23-24,26-27,31,37-42,55H,6-9,18-22,25H2,1-5H3,(H,50,65)(H,51,53)(H,52,54)(H,56,64)(H,62,63)/t31-,37+,38+,39-,40-,41-,42-/m0/s1. The zero-order chi connectivity index (χ0) is 47.1. The third-order valence-corrected chi connectivity index (χ3v) is 14.0. The van der Waals surface area contributed by atoms with Gasteiger partial charge in [0, 0.05) is 18.8 Å². The molecule has 0 saturated carbocycles. The third-order valence-electron chi connectivity index (χ3n) is 14.0. The van der Waals surface area contributed by atoms with Gasteiger partial charge < -0.3 is 55.2 Å². The van der Waals surface area contributed by atoms with Crippen molar-refractivity contribution in [2.24, 2.45) is 11.8 Å². The first-order valence-corrected chi connectivity index (χ1v) is 23.5. The summed E-state index contributed by atoms with van der Waals surface area (Å²) < 4.78 is 9.96. The molecule has 4 saturated heterocycles. The maximum Gasteiger partial charge on any atom is 0.407 e. The van der Waals surface area contributed by atoms with E-state index in [0.29, 0.717) is 37.8 Å². The first-order chi connectivity index (χ1) is 32.3. The Bertz CT molecular complexity index is 2660. The molecule has 3 aromatic carbocycles. The molecule has 6 heterocycles. The monoisotopic (exact) mass is 916 g/mol. The molecule has 4 fully saturated rings. The van der Waals surface area contributed by atoms with Crippen molar-refractivity contribution in [3.8, 4) is 0 Å². The number of carboxylic acid groups (broad SMARTS) is 1. The third kappa shape index (κ3) is 9.17. The second-order valence-corrected chi connectivity index (χ2v) is 19.0. The summed E-state index contributed by atoms with van der Waals surface area (Å²) in [7, 11) is 1.29. The Labute approximate surface area is 388 Å². The molecule has 0 radical (unpaired) electrons. The van der Waals surface area contributed by atoms with Gasteiger partial charge in [-0.15, -0.1) is 0 Å². The molecule has 67 heavy (non-hydrogen) atoms. The van der Waals surface area contributed by atoms with Crippen molar-refractivity contribution in [3.63, 3.8) is 0 Å². The van der Waals surface area contributed by atoms with E-state index in [1.54, 1.807) is 4.90 Å². The van der Waals surface area contributed by atoms with Gasteiger partial charge in [0.25, 0.3) is 0 Å². The van der Waals surface area contributed by atoms with Gasteiger partial charge in [0.2, 0.25) is 11.8 Å². The number of imidazole rings is 2. The number of carbonyl (C=O) groups excluding carboxylic acids is 4. The first kappa shape index (κ1) is 45.3. The fourth-order valence-electron chi connectivity index (χ4n) is 10.6. The van der Waals surface area contributed by atoms with Crippen LogP contribution >= 0.6 is 0 Å². The van der Waals surface area contributed by atoms with Crippen LogP contribution in [0.1, 0.15) is 119 Å². The number of likely N-dealkylation sites (tertiary alicyclic amines) is 2. The van der Waals surface area contributed by atoms with Crippen molar-refractivity contribution in [1.29, 1.82) is 0 Å². The number of alkyl carbamates (subject to hydrolysis) is 2. The van der Waals surface area contributed by atoms with Crippen LogP contribution in [0.4, 0.5) is 20.1 Å². The summed E-state index contributed by atoms with van der Waals surface area (Å²) in [5.41, 5.74) is 7.71. The van der Waals surface area contributed by atoms with Crippen LogP contribution in [0.5, 0.6) is 0 Å². The van der Waals surface area contributed by atoms with Gasteiger partial charge in [-0.1, -0.05) is 52.0 Å². The number of cyclic esters (lactones) is 1. The van der Waals surface area contributed by atoms with Crippen molar-refractivity contribution < 1.29 is 38.6 Å². The van der Waals surface area contributed by atoms with E-state index in [9.17, 15) is 29.1 Å². The van der Waals surface area contributed by atoms with E-state index in [-0.39, 0.29) is 53.9 Å². The largest absolute Gasteiger partial charge is 0.465 e. The number of hydrogen-bond acceptors (Lipinski definition) is 10. The Balaban J connectivity index is 1.01. The predicted molar refractivity (Wildman–Crippen MR) is 249 cm³/mol. The number of hydrogen-bond donors (Lipinski definition) is 6. The lowest BCUT2D eigenvalue weighted by atomic mass is 10.0. The van der Waals surface area contributed by atoms with Gasteiger partial charge in [-0.2, -0.15) is 0 Å². The van der Waals surface area contributed by atoms with Gasteiger partial charge in [0.1, 0.15) is 30.3 Å². The highest BCUT2D eigenvalue weighted by atomic mass is 16.6. The lowest BCUT2D eigenvalue weighted by molar-refractivity contribution is -0.136. The number of aromatic nitrogens is 4. The number of fused-ring (bicyclic) bond motifs is 2. The second-order valence-electron chi connectivity index (χ2n) is 19.0. The smallest absolute Gasteiger partial charge is 0.407 e. The van der Waals surface area contributed by atoms with Crippen molar-refractivity contribution >= 4 is 57.8 Å². The van der Waals surface area contributed by atoms with Gasteiger partial charge in [0.15, 0.2) is 0 Å². The molecule has 0 unspecified atom stereocenters. The zero-order valence-corrected chi connectivity index (χ0v) is 38.6. The van der Waals surface area contributed by atoms with Gasteiger partial charge in [0.05, 0.1) is 59.4 Å². The summed E-state index contributed by atoms with van der Waals surface area (Å²) in [6.45, 7) is 8.90. The fourth-order valence-corrected chi connectivity index (χ4v) is 10.6. The van der Waals surface area contributed by atoms with Gasteiger partial charge >= 0.3 is 18.3 Å². The molecule has 7 atom stereocenters. The Morgan fingerprint density at radius 2 is 1.27 bits per heavy atom. The molecule has 2 aromatic heterocycles. The SMILES string of the molecule is COC(=O)N[C@H](C(=O)N1CCC[C@H]1c1nc2ccc([C@H]3CC[C@H](c4ccc5nc([C@@H]6CCCN6C(=O)[C@@H](NC(=O)O)C(C)C)[nH]c5c4)N3c3ccc(C[C@H]4COC(=O)N4)cc3)cc2[nH]1)C(C)C. The normalized spacial score (nSPS) is 22.7. The molecule has 18 heteroatoms. The molecule has 354 valence electrons. The van der Waals surface area contributed by atoms with Crippen molar-refractivity contribution in [3.05, 3.63) is 89.0 Å². The van der Waals surface area contributed by atoms with E-state index in [0.717, 1.165) is 83.0 Å². The van der Waals surface area contributed by atoms with Crippen LogP contribution in [0.25, 0.3) is 22.1 Å². The van der Waals surface area contributed by atoms with Crippen molar-refractivity contribution in [2.45, 2.75) is 115 Å². The van der Waals surface area contributed by atoms with E-state index in [2.05, 4.69) is 79.3 Å². The molecule has 0 aliphatic carbocycles. The number of anilines is 1. The first-order valence-electron chi connectivity index (χ1n) is 23.5. The zero-order valence-electron chi connectivity index (χ0n) is 38.6. The topological polar surface area (TPSA) is 227 Å². The summed E-state index contributed by atoms with van der Waals surface area (Å²) in [4.78, 5) is 86.3. The summed E-state index contributed by atoms with van der Waals surface area (Å²) >= 11 is 0. The average Bonchev–Trinajstić information content (AvgIpc) is 4.18.